The molecule has 1 aromatic heterocycles. The van der Waals surface area contributed by atoms with Gasteiger partial charge in [0.2, 0.25) is 0 Å². The first-order valence-electron chi connectivity index (χ1n) is 8.10. The first kappa shape index (κ1) is 18.1. The fraction of sp³-hybridized carbons (Fsp3) is 0.625. The molecule has 0 amide bonds. The number of esters is 1. The number of rotatable bonds is 7. The third-order valence-corrected chi connectivity index (χ3v) is 3.52. The molecule has 2 atom stereocenters. The third kappa shape index (κ3) is 5.16. The van der Waals surface area contributed by atoms with Crippen molar-refractivity contribution in [2.24, 2.45) is 4.99 Å². The lowest BCUT2D eigenvalue weighted by atomic mass is 10.2. The Labute approximate surface area is 141 Å². The number of nitrogens with zero attached hydrogens (tertiary/aromatic N) is 4. The van der Waals surface area contributed by atoms with Gasteiger partial charge in [0.05, 0.1) is 12.4 Å². The molecule has 1 fully saturated rings. The summed E-state index contributed by atoms with van der Waals surface area (Å²) in [7, 11) is 3.68. The van der Waals surface area contributed by atoms with Gasteiger partial charge in [-0.15, -0.1) is 0 Å². The maximum atomic E-state index is 12.1. The van der Waals surface area contributed by atoms with Crippen LogP contribution in [-0.4, -0.2) is 53.6 Å². The lowest BCUT2D eigenvalue weighted by Gasteiger charge is -2.15. The quantitative estimate of drug-likeness (QED) is 0.426. The molecule has 1 aliphatic heterocycles. The van der Waals surface area contributed by atoms with Crippen molar-refractivity contribution in [1.29, 1.82) is 0 Å². The van der Waals surface area contributed by atoms with Gasteiger partial charge in [0, 0.05) is 26.7 Å². The zero-order valence-corrected chi connectivity index (χ0v) is 14.3. The SMILES string of the molecule is CCCC(=O)OC[C@@H]1CC[C@H](n2ccc(/N=C/N(C)C)nc2=O)O1. The fourth-order valence-corrected chi connectivity index (χ4v) is 2.35. The monoisotopic (exact) mass is 336 g/mol. The zero-order valence-electron chi connectivity index (χ0n) is 14.3. The van der Waals surface area contributed by atoms with Gasteiger partial charge in [-0.1, -0.05) is 6.92 Å². The van der Waals surface area contributed by atoms with E-state index in [0.29, 0.717) is 18.7 Å². The fourth-order valence-electron chi connectivity index (χ4n) is 2.35. The number of ether oxygens (including phenoxy) is 2. The van der Waals surface area contributed by atoms with Crippen molar-refractivity contribution in [3.8, 4) is 0 Å². The van der Waals surface area contributed by atoms with Gasteiger partial charge in [-0.05, 0) is 25.3 Å². The van der Waals surface area contributed by atoms with Crippen LogP contribution < -0.4 is 5.69 Å². The van der Waals surface area contributed by atoms with Crippen molar-refractivity contribution >= 4 is 18.1 Å². The summed E-state index contributed by atoms with van der Waals surface area (Å²) in [5, 5.41) is 0. The Morgan fingerprint density at radius 2 is 2.33 bits per heavy atom. The van der Waals surface area contributed by atoms with E-state index in [9.17, 15) is 9.59 Å². The number of hydrogen-bond donors (Lipinski definition) is 0. The van der Waals surface area contributed by atoms with Crippen LogP contribution >= 0.6 is 0 Å². The predicted octanol–water partition coefficient (Wildman–Crippen LogP) is 1.49. The largest absolute Gasteiger partial charge is 0.463 e. The lowest BCUT2D eigenvalue weighted by Crippen LogP contribution is -2.27. The number of carbonyl (C=O) groups is 1. The predicted molar refractivity (Wildman–Crippen MR) is 89.3 cm³/mol. The minimum Gasteiger partial charge on any atom is -0.463 e. The summed E-state index contributed by atoms with van der Waals surface area (Å²) in [4.78, 5) is 33.3. The van der Waals surface area contributed by atoms with E-state index in [0.717, 1.165) is 12.8 Å². The molecular formula is C16H24N4O4. The Kier molecular flexibility index (Phi) is 6.48. The van der Waals surface area contributed by atoms with Gasteiger partial charge in [-0.3, -0.25) is 9.36 Å². The van der Waals surface area contributed by atoms with E-state index in [1.807, 2.05) is 21.0 Å². The molecule has 8 heteroatoms. The first-order chi connectivity index (χ1) is 11.5. The van der Waals surface area contributed by atoms with Gasteiger partial charge >= 0.3 is 11.7 Å². The maximum Gasteiger partial charge on any atom is 0.351 e. The Morgan fingerprint density at radius 3 is 3.00 bits per heavy atom. The average molecular weight is 336 g/mol. The molecule has 0 unspecified atom stereocenters. The summed E-state index contributed by atoms with van der Waals surface area (Å²) >= 11 is 0. The van der Waals surface area contributed by atoms with Gasteiger partial charge in [-0.2, -0.15) is 4.98 Å². The zero-order chi connectivity index (χ0) is 17.5. The molecule has 1 aliphatic rings. The molecule has 0 radical (unpaired) electrons. The molecule has 0 N–H and O–H groups in total. The molecule has 24 heavy (non-hydrogen) atoms. The van der Waals surface area contributed by atoms with Crippen molar-refractivity contribution in [3.05, 3.63) is 22.7 Å². The summed E-state index contributed by atoms with van der Waals surface area (Å²) in [6.07, 6.45) is 5.23. The van der Waals surface area contributed by atoms with Gasteiger partial charge < -0.3 is 14.4 Å². The van der Waals surface area contributed by atoms with E-state index in [-0.39, 0.29) is 24.9 Å². The van der Waals surface area contributed by atoms with Crippen LogP contribution in [0, 0.1) is 0 Å². The van der Waals surface area contributed by atoms with E-state index in [1.54, 1.807) is 23.5 Å². The molecule has 0 saturated carbocycles. The second-order valence-corrected chi connectivity index (χ2v) is 5.91. The highest BCUT2D eigenvalue weighted by Gasteiger charge is 2.28. The lowest BCUT2D eigenvalue weighted by molar-refractivity contribution is -0.148. The van der Waals surface area contributed by atoms with Crippen molar-refractivity contribution in [3.63, 3.8) is 0 Å². The minimum atomic E-state index is -0.406. The van der Waals surface area contributed by atoms with Crippen molar-refractivity contribution < 1.29 is 14.3 Å². The van der Waals surface area contributed by atoms with Crippen LogP contribution in [-0.2, 0) is 14.3 Å². The summed E-state index contributed by atoms with van der Waals surface area (Å²) in [6, 6.07) is 1.67. The molecule has 0 aliphatic carbocycles. The van der Waals surface area contributed by atoms with Gasteiger partial charge in [0.15, 0.2) is 5.82 Å². The summed E-state index contributed by atoms with van der Waals surface area (Å²) in [5.74, 6) is 0.138. The average Bonchev–Trinajstić information content (AvgIpc) is 3.00. The number of aliphatic imine (C=N–C) groups is 1. The van der Waals surface area contributed by atoms with Crippen molar-refractivity contribution in [2.75, 3.05) is 20.7 Å². The number of carbonyl (C=O) groups excluding carboxylic acids is 1. The molecular weight excluding hydrogens is 312 g/mol. The van der Waals surface area contributed by atoms with Crippen LogP contribution in [0.4, 0.5) is 5.82 Å². The molecule has 0 bridgehead atoms. The smallest absolute Gasteiger partial charge is 0.351 e. The van der Waals surface area contributed by atoms with Crippen LogP contribution in [0.1, 0.15) is 38.8 Å². The normalized spacial score (nSPS) is 20.5. The van der Waals surface area contributed by atoms with E-state index < -0.39 is 5.69 Å². The van der Waals surface area contributed by atoms with E-state index in [4.69, 9.17) is 9.47 Å². The third-order valence-electron chi connectivity index (χ3n) is 3.52. The highest BCUT2D eigenvalue weighted by atomic mass is 16.6. The minimum absolute atomic E-state index is 0.186. The standard InChI is InChI=1S/C16H24N4O4/c1-4-5-15(21)23-10-12-6-7-14(24-12)20-9-8-13(18-16(20)22)17-11-19(2)3/h8-9,11-12,14H,4-7,10H2,1-3H3/b17-11+/t12-,14+/m0/s1. The Bertz CT molecular complexity index is 641. The van der Waals surface area contributed by atoms with Crippen LogP contribution in [0.5, 0.6) is 0 Å². The summed E-state index contributed by atoms with van der Waals surface area (Å²) < 4.78 is 12.4. The number of aromatic nitrogens is 2. The molecule has 132 valence electrons. The van der Waals surface area contributed by atoms with E-state index in [2.05, 4.69) is 9.98 Å². The van der Waals surface area contributed by atoms with E-state index >= 15 is 0 Å². The summed E-state index contributed by atoms with van der Waals surface area (Å²) in [5.41, 5.74) is -0.406. The van der Waals surface area contributed by atoms with Crippen molar-refractivity contribution in [2.45, 2.75) is 44.9 Å². The molecule has 2 rings (SSSR count). The van der Waals surface area contributed by atoms with Crippen LogP contribution in [0.2, 0.25) is 0 Å². The molecule has 1 saturated heterocycles. The molecule has 0 aromatic carbocycles. The van der Waals surface area contributed by atoms with Gasteiger partial charge in [-0.25, -0.2) is 9.79 Å². The highest BCUT2D eigenvalue weighted by molar-refractivity contribution is 5.69. The molecule has 1 aromatic rings. The summed E-state index contributed by atoms with van der Waals surface area (Å²) in [6.45, 7) is 2.15. The Hall–Kier alpha value is -2.22. The number of hydrogen-bond acceptors (Lipinski definition) is 6. The topological polar surface area (TPSA) is 86.0 Å². The highest BCUT2D eigenvalue weighted by Crippen LogP contribution is 2.27. The maximum absolute atomic E-state index is 12.1. The molecule has 2 heterocycles. The van der Waals surface area contributed by atoms with Crippen LogP contribution in [0.3, 0.4) is 0 Å². The van der Waals surface area contributed by atoms with Gasteiger partial charge in [0.1, 0.15) is 12.8 Å². The van der Waals surface area contributed by atoms with Crippen LogP contribution in [0.15, 0.2) is 22.1 Å². The van der Waals surface area contributed by atoms with E-state index in [1.165, 1.54) is 4.57 Å². The van der Waals surface area contributed by atoms with Crippen LogP contribution in [0.25, 0.3) is 0 Å². The second-order valence-electron chi connectivity index (χ2n) is 5.91. The van der Waals surface area contributed by atoms with Crippen molar-refractivity contribution in [1.82, 2.24) is 14.5 Å². The van der Waals surface area contributed by atoms with Gasteiger partial charge in [0.25, 0.3) is 0 Å². The Balaban J connectivity index is 1.93. The first-order valence-corrected chi connectivity index (χ1v) is 8.10. The molecule has 8 nitrogen and oxygen atoms in total. The molecule has 0 spiro atoms. The second kappa shape index (κ2) is 8.58. The Morgan fingerprint density at radius 1 is 1.54 bits per heavy atom.